The zero-order valence-corrected chi connectivity index (χ0v) is 16.6. The number of sulfonamides is 1. The predicted molar refractivity (Wildman–Crippen MR) is 102 cm³/mol. The summed E-state index contributed by atoms with van der Waals surface area (Å²) in [5.41, 5.74) is 2.53. The molecule has 0 amide bonds. The number of hydrogen-bond donors (Lipinski definition) is 0. The van der Waals surface area contributed by atoms with Gasteiger partial charge in [-0.05, 0) is 71.6 Å². The van der Waals surface area contributed by atoms with E-state index >= 15 is 0 Å². The maximum Gasteiger partial charge on any atom is 0.243 e. The molecular weight excluding hydrogens is 370 g/mol. The molecule has 0 aliphatic rings. The van der Waals surface area contributed by atoms with Gasteiger partial charge in [0.25, 0.3) is 0 Å². The second-order valence-corrected chi connectivity index (χ2v) is 8.79. The molecule has 2 aromatic heterocycles. The van der Waals surface area contributed by atoms with Crippen molar-refractivity contribution in [2.75, 3.05) is 7.11 Å². The van der Waals surface area contributed by atoms with Gasteiger partial charge in [-0.25, -0.2) is 8.42 Å². The molecule has 3 aromatic rings. The molecule has 26 heavy (non-hydrogen) atoms. The minimum absolute atomic E-state index is 0.176. The van der Waals surface area contributed by atoms with Gasteiger partial charge >= 0.3 is 0 Å². The van der Waals surface area contributed by atoms with Crippen molar-refractivity contribution in [1.82, 2.24) is 4.31 Å². The van der Waals surface area contributed by atoms with E-state index in [0.717, 1.165) is 16.7 Å². The Balaban J connectivity index is 2.00. The number of aryl methyl sites for hydroxylation is 2. The van der Waals surface area contributed by atoms with Crippen molar-refractivity contribution >= 4 is 21.4 Å². The van der Waals surface area contributed by atoms with E-state index in [2.05, 4.69) is 0 Å². The van der Waals surface area contributed by atoms with Crippen LogP contribution in [-0.4, -0.2) is 19.8 Å². The summed E-state index contributed by atoms with van der Waals surface area (Å²) < 4.78 is 38.8. The first-order valence-corrected chi connectivity index (χ1v) is 10.5. The van der Waals surface area contributed by atoms with E-state index in [4.69, 9.17) is 9.15 Å². The lowest BCUT2D eigenvalue weighted by atomic mass is 10.1. The van der Waals surface area contributed by atoms with Crippen LogP contribution in [0.1, 0.15) is 22.5 Å². The largest absolute Gasteiger partial charge is 0.496 e. The highest BCUT2D eigenvalue weighted by Crippen LogP contribution is 2.29. The molecule has 0 spiro atoms. The number of ether oxygens (including phenoxy) is 1. The minimum Gasteiger partial charge on any atom is -0.496 e. The topological polar surface area (TPSA) is 59.8 Å². The van der Waals surface area contributed by atoms with Gasteiger partial charge in [0.15, 0.2) is 0 Å². The fraction of sp³-hybridized carbons (Fsp3) is 0.263. The molecule has 0 unspecified atom stereocenters. The molecule has 0 N–H and O–H groups in total. The molecule has 1 aromatic carbocycles. The third-order valence-electron chi connectivity index (χ3n) is 4.13. The van der Waals surface area contributed by atoms with E-state index in [1.807, 2.05) is 30.7 Å². The summed E-state index contributed by atoms with van der Waals surface area (Å²) in [5.74, 6) is 1.31. The standard InChI is InChI=1S/C19H21NO4S2/c1-14-9-18(10-15(2)19(14)23-3)26(21,22)20(11-16-6-8-25-13-16)12-17-5-4-7-24-17/h4-10,13H,11-12H2,1-3H3. The van der Waals surface area contributed by atoms with Gasteiger partial charge in [0.1, 0.15) is 11.5 Å². The molecule has 0 saturated heterocycles. The number of furan rings is 1. The third kappa shape index (κ3) is 3.85. The Morgan fingerprint density at radius 3 is 2.42 bits per heavy atom. The summed E-state index contributed by atoms with van der Waals surface area (Å²) >= 11 is 1.54. The van der Waals surface area contributed by atoms with Gasteiger partial charge in [0.05, 0.1) is 24.8 Å². The van der Waals surface area contributed by atoms with Gasteiger partial charge in [0.2, 0.25) is 10.0 Å². The van der Waals surface area contributed by atoms with E-state index in [1.54, 1.807) is 49.0 Å². The maximum atomic E-state index is 13.3. The molecule has 0 atom stereocenters. The van der Waals surface area contributed by atoms with Crippen LogP contribution in [0.2, 0.25) is 0 Å². The van der Waals surface area contributed by atoms with Crippen molar-refractivity contribution in [1.29, 1.82) is 0 Å². The Labute approximate surface area is 157 Å². The Morgan fingerprint density at radius 2 is 1.88 bits per heavy atom. The zero-order valence-electron chi connectivity index (χ0n) is 14.9. The normalized spacial score (nSPS) is 11.8. The van der Waals surface area contributed by atoms with E-state index in [1.165, 1.54) is 4.31 Å². The summed E-state index contributed by atoms with van der Waals surface area (Å²) in [6, 6.07) is 8.78. The summed E-state index contributed by atoms with van der Waals surface area (Å²) in [6.07, 6.45) is 1.55. The Kier molecular flexibility index (Phi) is 5.50. The van der Waals surface area contributed by atoms with Crippen molar-refractivity contribution in [3.8, 4) is 5.75 Å². The molecule has 138 valence electrons. The molecule has 0 bridgehead atoms. The number of methoxy groups -OCH3 is 1. The average molecular weight is 392 g/mol. The lowest BCUT2D eigenvalue weighted by Gasteiger charge is -2.22. The van der Waals surface area contributed by atoms with Crippen LogP contribution in [0.4, 0.5) is 0 Å². The summed E-state index contributed by atoms with van der Waals surface area (Å²) in [5, 5.41) is 3.89. The summed E-state index contributed by atoms with van der Waals surface area (Å²) in [6.45, 7) is 4.16. The van der Waals surface area contributed by atoms with Crippen LogP contribution < -0.4 is 4.74 Å². The van der Waals surface area contributed by atoms with Crippen LogP contribution in [0.15, 0.2) is 56.7 Å². The lowest BCUT2D eigenvalue weighted by molar-refractivity contribution is 0.358. The second kappa shape index (κ2) is 7.65. The molecule has 7 heteroatoms. The van der Waals surface area contributed by atoms with Gasteiger partial charge < -0.3 is 9.15 Å². The molecule has 2 heterocycles. The highest BCUT2D eigenvalue weighted by molar-refractivity contribution is 7.89. The molecule has 0 radical (unpaired) electrons. The number of hydrogen-bond acceptors (Lipinski definition) is 5. The highest BCUT2D eigenvalue weighted by atomic mass is 32.2. The first-order chi connectivity index (χ1) is 12.4. The zero-order chi connectivity index (χ0) is 18.7. The van der Waals surface area contributed by atoms with Crippen LogP contribution in [0.25, 0.3) is 0 Å². The Morgan fingerprint density at radius 1 is 1.15 bits per heavy atom. The van der Waals surface area contributed by atoms with Crippen molar-refractivity contribution in [2.45, 2.75) is 31.8 Å². The van der Waals surface area contributed by atoms with Crippen LogP contribution in [0, 0.1) is 13.8 Å². The number of benzene rings is 1. The predicted octanol–water partition coefficient (Wildman–Crippen LogP) is 4.36. The molecule has 0 aliphatic heterocycles. The van der Waals surface area contributed by atoms with Gasteiger partial charge in [-0.3, -0.25) is 0 Å². The van der Waals surface area contributed by atoms with Crippen molar-refractivity contribution in [2.24, 2.45) is 0 Å². The van der Waals surface area contributed by atoms with E-state index in [-0.39, 0.29) is 18.0 Å². The van der Waals surface area contributed by atoms with E-state index < -0.39 is 10.0 Å². The number of thiophene rings is 1. The maximum absolute atomic E-state index is 13.3. The van der Waals surface area contributed by atoms with Crippen LogP contribution in [-0.2, 0) is 23.1 Å². The third-order valence-corrected chi connectivity index (χ3v) is 6.63. The molecule has 0 saturated carbocycles. The molecule has 5 nitrogen and oxygen atoms in total. The Hall–Kier alpha value is -2.09. The molecule has 0 fully saturated rings. The minimum atomic E-state index is -3.70. The second-order valence-electron chi connectivity index (χ2n) is 6.07. The first-order valence-electron chi connectivity index (χ1n) is 8.10. The number of rotatable bonds is 7. The lowest BCUT2D eigenvalue weighted by Crippen LogP contribution is -2.30. The quantitative estimate of drug-likeness (QED) is 0.600. The van der Waals surface area contributed by atoms with Gasteiger partial charge in [-0.15, -0.1) is 0 Å². The van der Waals surface area contributed by atoms with Crippen molar-refractivity contribution in [3.05, 3.63) is 69.8 Å². The van der Waals surface area contributed by atoms with Crippen LogP contribution >= 0.6 is 11.3 Å². The van der Waals surface area contributed by atoms with E-state index in [0.29, 0.717) is 11.5 Å². The molecule has 0 aliphatic carbocycles. The van der Waals surface area contributed by atoms with Gasteiger partial charge in [-0.1, -0.05) is 0 Å². The fourth-order valence-electron chi connectivity index (χ4n) is 2.92. The monoisotopic (exact) mass is 391 g/mol. The van der Waals surface area contributed by atoms with Crippen LogP contribution in [0.5, 0.6) is 5.75 Å². The smallest absolute Gasteiger partial charge is 0.243 e. The fourth-order valence-corrected chi connectivity index (χ4v) is 5.14. The highest BCUT2D eigenvalue weighted by Gasteiger charge is 2.27. The number of nitrogens with zero attached hydrogens (tertiary/aromatic N) is 1. The van der Waals surface area contributed by atoms with Crippen molar-refractivity contribution < 1.29 is 17.6 Å². The van der Waals surface area contributed by atoms with Crippen molar-refractivity contribution in [3.63, 3.8) is 0 Å². The first kappa shape index (κ1) is 18.7. The van der Waals surface area contributed by atoms with Gasteiger partial charge in [-0.2, -0.15) is 15.6 Å². The van der Waals surface area contributed by atoms with Crippen LogP contribution in [0.3, 0.4) is 0 Å². The SMILES string of the molecule is COc1c(C)cc(S(=O)(=O)N(Cc2ccsc2)Cc2ccco2)cc1C. The molecular formula is C19H21NO4S2. The summed E-state index contributed by atoms with van der Waals surface area (Å²) in [7, 11) is -2.11. The van der Waals surface area contributed by atoms with E-state index in [9.17, 15) is 8.42 Å². The molecule has 3 rings (SSSR count). The van der Waals surface area contributed by atoms with Gasteiger partial charge in [0, 0.05) is 6.54 Å². The Bertz CT molecular complexity index is 902. The average Bonchev–Trinajstić information content (AvgIpc) is 3.27. The summed E-state index contributed by atoms with van der Waals surface area (Å²) in [4.78, 5) is 0.259.